The maximum atomic E-state index is 12.5. The molecule has 0 aliphatic heterocycles. The predicted molar refractivity (Wildman–Crippen MR) is 119 cm³/mol. The second-order valence-corrected chi connectivity index (χ2v) is 7.34. The first kappa shape index (κ1) is 25.5. The number of thiophene rings is 1. The van der Waals surface area contributed by atoms with Crippen molar-refractivity contribution in [2.24, 2.45) is 0 Å². The van der Waals surface area contributed by atoms with Crippen LogP contribution in [-0.2, 0) is 39.3 Å². The van der Waals surface area contributed by atoms with Crippen molar-refractivity contribution in [2.45, 2.75) is 20.4 Å². The molecule has 0 saturated carbocycles. The molecular weight excluding hydrogens is 505 g/mol. The molecule has 0 bridgehead atoms. The number of anilines is 1. The Labute approximate surface area is 213 Å². The Balaban J connectivity index is 0.000000450. The van der Waals surface area contributed by atoms with E-state index in [4.69, 9.17) is 0 Å². The molecule has 0 aliphatic carbocycles. The van der Waals surface area contributed by atoms with Gasteiger partial charge in [-0.3, -0.25) is 24.3 Å². The summed E-state index contributed by atoms with van der Waals surface area (Å²) < 4.78 is 1.47. The van der Waals surface area contributed by atoms with Crippen molar-refractivity contribution in [1.82, 2.24) is 9.55 Å². The summed E-state index contributed by atoms with van der Waals surface area (Å²) in [5, 5.41) is 13.8. The topological polar surface area (TPSA) is 107 Å². The third-order valence-corrected chi connectivity index (χ3v) is 5.51. The Morgan fingerprint density at radius 2 is 1.97 bits per heavy atom. The van der Waals surface area contributed by atoms with Crippen LogP contribution in [0.4, 0.5) is 11.4 Å². The molecule has 1 amide bonds. The smallest absolute Gasteiger partial charge is 0.262 e. The summed E-state index contributed by atoms with van der Waals surface area (Å²) in [4.78, 5) is 40.3. The Morgan fingerprint density at radius 3 is 2.53 bits per heavy atom. The molecule has 2 heterocycles. The van der Waals surface area contributed by atoms with Gasteiger partial charge in [-0.15, -0.1) is 17.4 Å². The number of nitrogens with one attached hydrogen (secondary N) is 1. The van der Waals surface area contributed by atoms with E-state index in [0.29, 0.717) is 27.2 Å². The van der Waals surface area contributed by atoms with E-state index >= 15 is 0 Å². The van der Waals surface area contributed by atoms with Crippen LogP contribution in [0.2, 0.25) is 0 Å². The molecule has 1 N–H and O–H groups in total. The van der Waals surface area contributed by atoms with Crippen LogP contribution in [0.15, 0.2) is 59.7 Å². The standard InChI is InChI=1S/C16H13N4O4S.C6H5.Y/c1-3-19-8-17-15-12(16(19)22)9(2)13(25-15)14(21)18-10-5-4-6-11(7-10)20(23)24;1-2-4-6-5-3-1;/h5-8H,3H2,1-2H3,(H,18,21);1-5H;/q2*-1;. The zero-order chi connectivity index (χ0) is 22.4. The van der Waals surface area contributed by atoms with Crippen molar-refractivity contribution in [3.8, 4) is 0 Å². The van der Waals surface area contributed by atoms with Gasteiger partial charge in [-0.05, 0) is 19.4 Å². The van der Waals surface area contributed by atoms with Crippen molar-refractivity contribution in [3.63, 3.8) is 0 Å². The molecule has 0 spiro atoms. The number of carbonyl (C=O) groups is 1. The van der Waals surface area contributed by atoms with E-state index in [1.54, 1.807) is 6.92 Å². The summed E-state index contributed by atoms with van der Waals surface area (Å²) in [6.45, 7) is 4.02. The SMILES string of the molecule is CCn1cnc2sc(C(=O)Nc3c[c-]cc([N+](=O)[O-])c3)c(C)c2c1=O.[Y].[c-]1ccccc1. The summed E-state index contributed by atoms with van der Waals surface area (Å²) in [7, 11) is 0. The second-order valence-electron chi connectivity index (χ2n) is 6.34. The van der Waals surface area contributed by atoms with Crippen molar-refractivity contribution in [3.05, 3.63) is 97.9 Å². The molecule has 10 heteroatoms. The van der Waals surface area contributed by atoms with Crippen LogP contribution in [-0.4, -0.2) is 20.4 Å². The van der Waals surface area contributed by atoms with E-state index < -0.39 is 10.8 Å². The number of fused-ring (bicyclic) bond motifs is 1. The van der Waals surface area contributed by atoms with E-state index in [9.17, 15) is 19.7 Å². The Kier molecular flexibility index (Phi) is 9.37. The molecule has 1 radical (unpaired) electrons. The molecule has 0 unspecified atom stereocenters. The Bertz CT molecular complexity index is 1260. The minimum absolute atomic E-state index is 0. The van der Waals surface area contributed by atoms with Gasteiger partial charge in [-0.1, -0.05) is 11.8 Å². The second kappa shape index (κ2) is 11.8. The molecule has 32 heavy (non-hydrogen) atoms. The average molecular weight is 523 g/mol. The molecular formula is C22H18N4O4SY-2. The Morgan fingerprint density at radius 1 is 1.25 bits per heavy atom. The summed E-state index contributed by atoms with van der Waals surface area (Å²) in [6.07, 6.45) is 1.46. The molecule has 2 aromatic heterocycles. The number of aryl methyl sites for hydroxylation is 2. The number of nitrogens with zero attached hydrogens (tertiary/aromatic N) is 3. The number of hydrogen-bond donors (Lipinski definition) is 1. The zero-order valence-corrected chi connectivity index (χ0v) is 21.0. The van der Waals surface area contributed by atoms with Crippen LogP contribution in [0.5, 0.6) is 0 Å². The first-order valence-corrected chi connectivity index (χ1v) is 10.1. The number of non-ortho nitro benzene ring substituents is 1. The minimum atomic E-state index is -0.562. The number of benzene rings is 2. The molecule has 0 atom stereocenters. The number of aromatic nitrogens is 2. The molecule has 0 aliphatic rings. The predicted octanol–water partition coefficient (Wildman–Crippen LogP) is 4.23. The van der Waals surface area contributed by atoms with Crippen molar-refractivity contribution >= 4 is 38.8 Å². The number of amides is 1. The molecule has 8 nitrogen and oxygen atoms in total. The van der Waals surface area contributed by atoms with Gasteiger partial charge in [0.05, 0.1) is 16.6 Å². The minimum Gasteiger partial charge on any atom is -0.374 e. The van der Waals surface area contributed by atoms with Crippen molar-refractivity contribution in [1.29, 1.82) is 0 Å². The fourth-order valence-electron chi connectivity index (χ4n) is 2.77. The van der Waals surface area contributed by atoms with Crippen molar-refractivity contribution < 1.29 is 42.4 Å². The fourth-order valence-corrected chi connectivity index (χ4v) is 3.80. The van der Waals surface area contributed by atoms with Gasteiger partial charge < -0.3 is 5.32 Å². The number of carbonyl (C=O) groups excluding carboxylic acids is 1. The van der Waals surface area contributed by atoms with E-state index in [1.165, 1.54) is 29.1 Å². The van der Waals surface area contributed by atoms with Gasteiger partial charge in [0, 0.05) is 44.2 Å². The van der Waals surface area contributed by atoms with Crippen LogP contribution in [0, 0.1) is 29.2 Å². The van der Waals surface area contributed by atoms with Crippen LogP contribution in [0.1, 0.15) is 22.2 Å². The maximum Gasteiger partial charge on any atom is 0.262 e. The first-order valence-electron chi connectivity index (χ1n) is 9.28. The maximum absolute atomic E-state index is 12.5. The summed E-state index contributed by atoms with van der Waals surface area (Å²) >= 11 is 1.11. The Hall–Kier alpha value is -2.75. The molecule has 4 aromatic rings. The van der Waals surface area contributed by atoms with E-state index in [2.05, 4.69) is 22.4 Å². The van der Waals surface area contributed by atoms with Crippen LogP contribution in [0.25, 0.3) is 10.2 Å². The number of nitro benzene ring substituents is 1. The van der Waals surface area contributed by atoms with E-state index in [-0.39, 0.29) is 49.6 Å². The van der Waals surface area contributed by atoms with Gasteiger partial charge in [0.25, 0.3) is 11.5 Å². The molecule has 161 valence electrons. The van der Waals surface area contributed by atoms with Gasteiger partial charge >= 0.3 is 0 Å². The fraction of sp³-hybridized carbons (Fsp3) is 0.136. The zero-order valence-electron chi connectivity index (χ0n) is 17.4. The van der Waals surface area contributed by atoms with Gasteiger partial charge in [-0.2, -0.15) is 48.5 Å². The van der Waals surface area contributed by atoms with Gasteiger partial charge in [0.2, 0.25) is 0 Å². The average Bonchev–Trinajstić information content (AvgIpc) is 3.13. The van der Waals surface area contributed by atoms with Crippen LogP contribution in [0.3, 0.4) is 0 Å². The summed E-state index contributed by atoms with van der Waals surface area (Å²) in [5.41, 5.74) is 0.449. The monoisotopic (exact) mass is 523 g/mol. The molecule has 2 aromatic carbocycles. The summed E-state index contributed by atoms with van der Waals surface area (Å²) in [6, 6.07) is 19.0. The first-order chi connectivity index (χ1) is 14.9. The van der Waals surface area contributed by atoms with Crippen LogP contribution >= 0.6 is 11.3 Å². The van der Waals surface area contributed by atoms with Crippen LogP contribution < -0.4 is 10.9 Å². The van der Waals surface area contributed by atoms with Crippen molar-refractivity contribution in [2.75, 3.05) is 5.32 Å². The number of hydrogen-bond acceptors (Lipinski definition) is 6. The van der Waals surface area contributed by atoms with E-state index in [0.717, 1.165) is 11.3 Å². The van der Waals surface area contributed by atoms with Gasteiger partial charge in [0.15, 0.2) is 5.69 Å². The third-order valence-electron chi connectivity index (χ3n) is 4.31. The molecule has 0 fully saturated rings. The number of nitro groups is 1. The molecule has 0 saturated heterocycles. The van der Waals surface area contributed by atoms with Gasteiger partial charge in [-0.25, -0.2) is 4.98 Å². The largest absolute Gasteiger partial charge is 0.374 e. The molecule has 4 rings (SSSR count). The third kappa shape index (κ3) is 5.94. The van der Waals surface area contributed by atoms with E-state index in [1.807, 2.05) is 37.3 Å². The quantitative estimate of drug-likeness (QED) is 0.245. The summed E-state index contributed by atoms with van der Waals surface area (Å²) in [5.74, 6) is -0.447. The number of rotatable bonds is 4. The van der Waals surface area contributed by atoms with Gasteiger partial charge in [0.1, 0.15) is 4.83 Å². The normalized spacial score (nSPS) is 9.94.